The average molecular weight is 374 g/mol. The summed E-state index contributed by atoms with van der Waals surface area (Å²) in [6, 6.07) is 5.37. The van der Waals surface area contributed by atoms with Gasteiger partial charge in [0.25, 0.3) is 0 Å². The quantitative estimate of drug-likeness (QED) is 0.690. The number of amides is 1. The molecule has 23 heavy (non-hydrogen) atoms. The number of pyridine rings is 1. The smallest absolute Gasteiger partial charge is 0.416 e. The number of carbonyl (C=O) groups is 1. The molecule has 0 aromatic carbocycles. The topological polar surface area (TPSA) is 72.6 Å². The van der Waals surface area contributed by atoms with E-state index in [4.69, 9.17) is 4.74 Å². The first-order valence-corrected chi connectivity index (χ1v) is 7.81. The Morgan fingerprint density at radius 2 is 2.17 bits per heavy atom. The van der Waals surface area contributed by atoms with Crippen LogP contribution in [-0.2, 0) is 4.74 Å². The maximum absolute atomic E-state index is 12.2. The molecule has 1 saturated heterocycles. The Kier molecular flexibility index (Phi) is 3.26. The van der Waals surface area contributed by atoms with Crippen molar-refractivity contribution < 1.29 is 9.53 Å². The molecule has 1 amide bonds. The van der Waals surface area contributed by atoms with E-state index in [1.165, 1.54) is 0 Å². The van der Waals surface area contributed by atoms with Gasteiger partial charge >= 0.3 is 6.09 Å². The summed E-state index contributed by atoms with van der Waals surface area (Å²) in [5.41, 5.74) is 2.48. The number of halogens is 1. The number of fused-ring (bicyclic) bond motifs is 1. The maximum Gasteiger partial charge on any atom is 0.416 e. The van der Waals surface area contributed by atoms with Crippen LogP contribution in [0.1, 0.15) is 17.3 Å². The van der Waals surface area contributed by atoms with E-state index in [1.54, 1.807) is 34.1 Å². The van der Waals surface area contributed by atoms with Gasteiger partial charge in [-0.2, -0.15) is 5.10 Å². The second kappa shape index (κ2) is 5.31. The van der Waals surface area contributed by atoms with Gasteiger partial charge in [-0.25, -0.2) is 14.3 Å². The van der Waals surface area contributed by atoms with Crippen LogP contribution in [0.25, 0.3) is 5.65 Å². The van der Waals surface area contributed by atoms with E-state index in [1.807, 2.05) is 19.1 Å². The molecule has 1 aliphatic heterocycles. The number of aromatic nitrogens is 4. The van der Waals surface area contributed by atoms with Crippen molar-refractivity contribution in [1.82, 2.24) is 19.6 Å². The highest BCUT2D eigenvalue weighted by Gasteiger charge is 2.36. The van der Waals surface area contributed by atoms with E-state index in [0.29, 0.717) is 11.5 Å². The molecule has 0 bridgehead atoms. The average Bonchev–Trinajstić information content (AvgIpc) is 3.11. The van der Waals surface area contributed by atoms with Crippen molar-refractivity contribution in [2.24, 2.45) is 0 Å². The molecular weight excluding hydrogens is 362 g/mol. The van der Waals surface area contributed by atoms with Gasteiger partial charge in [-0.1, -0.05) is 6.07 Å². The van der Waals surface area contributed by atoms with Crippen molar-refractivity contribution in [2.45, 2.75) is 13.0 Å². The number of hydrogen-bond acceptors (Lipinski definition) is 5. The summed E-state index contributed by atoms with van der Waals surface area (Å²) in [5.74, 6) is 0.520. The molecule has 8 heteroatoms. The van der Waals surface area contributed by atoms with Gasteiger partial charge in [-0.3, -0.25) is 9.88 Å². The number of carbonyl (C=O) groups excluding carboxylic acids is 1. The summed E-state index contributed by atoms with van der Waals surface area (Å²) < 4.78 is 7.63. The number of ether oxygens (including phenoxy) is 1. The molecule has 1 atom stereocenters. The van der Waals surface area contributed by atoms with Crippen LogP contribution < -0.4 is 4.90 Å². The third-order valence-corrected chi connectivity index (χ3v) is 4.31. The monoisotopic (exact) mass is 373 g/mol. The van der Waals surface area contributed by atoms with Gasteiger partial charge in [0, 0.05) is 18.1 Å². The molecule has 3 aromatic rings. The molecule has 1 aliphatic rings. The standard InChI is InChI=1S/C15H12BrN5O2/c1-9-2-3-10(6-17-9)12-8-23-15(22)21(12)13-4-5-20-14(19-13)11(16)7-18-20/h2-7,12H,8H2,1H3/t12-/m1/s1. The van der Waals surface area contributed by atoms with Gasteiger partial charge in [-0.15, -0.1) is 0 Å². The fraction of sp³-hybridized carbons (Fsp3) is 0.200. The van der Waals surface area contributed by atoms with E-state index >= 15 is 0 Å². The van der Waals surface area contributed by atoms with E-state index in [2.05, 4.69) is 31.0 Å². The lowest BCUT2D eigenvalue weighted by atomic mass is 10.1. The van der Waals surface area contributed by atoms with E-state index < -0.39 is 6.09 Å². The maximum atomic E-state index is 12.2. The van der Waals surface area contributed by atoms with Gasteiger partial charge in [0.05, 0.1) is 10.7 Å². The lowest BCUT2D eigenvalue weighted by Gasteiger charge is -2.20. The van der Waals surface area contributed by atoms with Crippen LogP contribution in [0.3, 0.4) is 0 Å². The molecule has 0 N–H and O–H groups in total. The third-order valence-electron chi connectivity index (χ3n) is 3.75. The highest BCUT2D eigenvalue weighted by molar-refractivity contribution is 9.10. The third kappa shape index (κ3) is 2.35. The number of aryl methyl sites for hydroxylation is 1. The summed E-state index contributed by atoms with van der Waals surface area (Å²) in [6.07, 6.45) is 4.78. The highest BCUT2D eigenvalue weighted by atomic mass is 79.9. The Morgan fingerprint density at radius 3 is 2.96 bits per heavy atom. The van der Waals surface area contributed by atoms with Crippen molar-refractivity contribution in [2.75, 3.05) is 11.5 Å². The molecule has 0 radical (unpaired) electrons. The van der Waals surface area contributed by atoms with Crippen molar-refractivity contribution in [3.63, 3.8) is 0 Å². The van der Waals surface area contributed by atoms with Gasteiger partial charge in [0.15, 0.2) is 5.65 Å². The van der Waals surface area contributed by atoms with Crippen LogP contribution in [0.4, 0.5) is 10.6 Å². The Hall–Kier alpha value is -2.48. The van der Waals surface area contributed by atoms with Crippen LogP contribution in [-0.4, -0.2) is 32.3 Å². The second-order valence-electron chi connectivity index (χ2n) is 5.24. The minimum absolute atomic E-state index is 0.243. The molecule has 1 fully saturated rings. The number of hydrogen-bond donors (Lipinski definition) is 0. The Morgan fingerprint density at radius 1 is 1.30 bits per heavy atom. The SMILES string of the molecule is Cc1ccc([C@H]2COC(=O)N2c2ccn3ncc(Br)c3n2)cn1. The number of anilines is 1. The van der Waals surface area contributed by atoms with Crippen molar-refractivity contribution >= 4 is 33.5 Å². The van der Waals surface area contributed by atoms with Crippen LogP contribution in [0.2, 0.25) is 0 Å². The predicted octanol–water partition coefficient (Wildman–Crippen LogP) is 2.89. The summed E-state index contributed by atoms with van der Waals surface area (Å²) >= 11 is 3.40. The van der Waals surface area contributed by atoms with E-state index in [-0.39, 0.29) is 12.6 Å². The molecule has 0 unspecified atom stereocenters. The minimum atomic E-state index is -0.414. The van der Waals surface area contributed by atoms with Crippen molar-refractivity contribution in [1.29, 1.82) is 0 Å². The molecule has 0 spiro atoms. The number of nitrogens with zero attached hydrogens (tertiary/aromatic N) is 5. The normalized spacial score (nSPS) is 17.7. The van der Waals surface area contributed by atoms with Crippen molar-refractivity contribution in [3.8, 4) is 0 Å². The first kappa shape index (κ1) is 14.1. The first-order chi connectivity index (χ1) is 11.1. The second-order valence-corrected chi connectivity index (χ2v) is 6.10. The van der Waals surface area contributed by atoms with Crippen LogP contribution in [0.5, 0.6) is 0 Å². The summed E-state index contributed by atoms with van der Waals surface area (Å²) in [5, 5.41) is 4.15. The highest BCUT2D eigenvalue weighted by Crippen LogP contribution is 2.32. The first-order valence-electron chi connectivity index (χ1n) is 7.02. The van der Waals surface area contributed by atoms with Gasteiger partial charge in [0.1, 0.15) is 18.5 Å². The Bertz CT molecular complexity index is 893. The van der Waals surface area contributed by atoms with Gasteiger partial charge in [-0.05, 0) is 40.5 Å². The molecule has 7 nitrogen and oxygen atoms in total. The molecule has 0 saturated carbocycles. The molecule has 4 rings (SSSR count). The largest absolute Gasteiger partial charge is 0.447 e. The van der Waals surface area contributed by atoms with Crippen LogP contribution >= 0.6 is 15.9 Å². The molecule has 3 aromatic heterocycles. The molecule has 0 aliphatic carbocycles. The summed E-state index contributed by atoms with van der Waals surface area (Å²) in [7, 11) is 0. The van der Waals surface area contributed by atoms with Crippen LogP contribution in [0, 0.1) is 6.92 Å². The van der Waals surface area contributed by atoms with Gasteiger partial charge < -0.3 is 4.74 Å². The summed E-state index contributed by atoms with van der Waals surface area (Å²) in [4.78, 5) is 22.6. The minimum Gasteiger partial charge on any atom is -0.447 e. The lowest BCUT2D eigenvalue weighted by molar-refractivity contribution is 0.179. The van der Waals surface area contributed by atoms with E-state index in [0.717, 1.165) is 15.7 Å². The summed E-state index contributed by atoms with van der Waals surface area (Å²) in [6.45, 7) is 2.20. The van der Waals surface area contributed by atoms with Crippen LogP contribution in [0.15, 0.2) is 41.3 Å². The van der Waals surface area contributed by atoms with E-state index in [9.17, 15) is 4.79 Å². The fourth-order valence-corrected chi connectivity index (χ4v) is 2.92. The predicted molar refractivity (Wildman–Crippen MR) is 86.2 cm³/mol. The zero-order valence-corrected chi connectivity index (χ0v) is 13.8. The van der Waals surface area contributed by atoms with Gasteiger partial charge in [0.2, 0.25) is 0 Å². The zero-order valence-electron chi connectivity index (χ0n) is 12.2. The Balaban J connectivity index is 1.78. The number of rotatable bonds is 2. The molecule has 116 valence electrons. The number of cyclic esters (lactones) is 1. The fourth-order valence-electron chi connectivity index (χ4n) is 2.56. The molecule has 4 heterocycles. The zero-order chi connectivity index (χ0) is 16.0. The molecular formula is C15H12BrN5O2. The lowest BCUT2D eigenvalue weighted by Crippen LogP contribution is -2.28. The van der Waals surface area contributed by atoms with Crippen molar-refractivity contribution in [3.05, 3.63) is 52.5 Å². The Labute approximate surface area is 140 Å².